The lowest BCUT2D eigenvalue weighted by Crippen LogP contribution is -1.98. The fraction of sp³-hybridized carbons (Fsp3) is 0.231. The third-order valence-corrected chi connectivity index (χ3v) is 4.58. The molecule has 0 unspecified atom stereocenters. The highest BCUT2D eigenvalue weighted by molar-refractivity contribution is 9.11. The van der Waals surface area contributed by atoms with Crippen LogP contribution in [0.25, 0.3) is 11.0 Å². The number of rotatable bonds is 3. The molecule has 3 aromatic rings. The van der Waals surface area contributed by atoms with Crippen LogP contribution < -0.4 is 5.32 Å². The third kappa shape index (κ3) is 2.50. The number of thiophene rings is 1. The van der Waals surface area contributed by atoms with Crippen LogP contribution in [0.15, 0.2) is 28.2 Å². The molecule has 4 nitrogen and oxygen atoms in total. The van der Waals surface area contributed by atoms with Gasteiger partial charge in [-0.25, -0.2) is 4.98 Å². The Morgan fingerprint density at radius 2 is 2.26 bits per heavy atom. The molecule has 3 heterocycles. The second-order valence-corrected chi connectivity index (χ2v) is 6.91. The summed E-state index contributed by atoms with van der Waals surface area (Å²) in [4.78, 5) is 5.74. The Morgan fingerprint density at radius 1 is 1.42 bits per heavy atom. The second kappa shape index (κ2) is 4.94. The van der Waals surface area contributed by atoms with E-state index in [0.717, 1.165) is 32.7 Å². The number of hydrogen-bond acceptors (Lipinski definition) is 4. The van der Waals surface area contributed by atoms with Gasteiger partial charge in [-0.05, 0) is 41.1 Å². The first-order valence-corrected chi connectivity index (χ1v) is 7.52. The van der Waals surface area contributed by atoms with E-state index in [2.05, 4.69) is 49.5 Å². The summed E-state index contributed by atoms with van der Waals surface area (Å²) in [6.07, 6.45) is 1.85. The van der Waals surface area contributed by atoms with Crippen molar-refractivity contribution in [2.24, 2.45) is 7.05 Å². The van der Waals surface area contributed by atoms with Crippen molar-refractivity contribution in [1.29, 1.82) is 0 Å². The molecule has 0 aliphatic carbocycles. The number of fused-ring (bicyclic) bond motifs is 1. The van der Waals surface area contributed by atoms with Gasteiger partial charge in [-0.1, -0.05) is 0 Å². The Bertz CT molecular complexity index is 731. The Kier molecular flexibility index (Phi) is 3.28. The first kappa shape index (κ1) is 12.6. The van der Waals surface area contributed by atoms with Crippen molar-refractivity contribution in [3.63, 3.8) is 0 Å². The molecule has 0 saturated heterocycles. The van der Waals surface area contributed by atoms with Crippen LogP contribution in [0.4, 0.5) is 5.69 Å². The average molecular weight is 337 g/mol. The van der Waals surface area contributed by atoms with Gasteiger partial charge in [0.05, 0.1) is 21.4 Å². The van der Waals surface area contributed by atoms with Crippen LogP contribution in [0.2, 0.25) is 0 Å². The van der Waals surface area contributed by atoms with Crippen LogP contribution in [0.1, 0.15) is 10.6 Å². The third-order valence-electron chi connectivity index (χ3n) is 2.96. The van der Waals surface area contributed by atoms with E-state index in [-0.39, 0.29) is 0 Å². The van der Waals surface area contributed by atoms with E-state index in [1.54, 1.807) is 11.3 Å². The Labute approximate surface area is 123 Å². The zero-order chi connectivity index (χ0) is 13.4. The molecule has 0 bridgehead atoms. The summed E-state index contributed by atoms with van der Waals surface area (Å²) in [7, 11) is 1.92. The Morgan fingerprint density at radius 3 is 3.00 bits per heavy atom. The molecule has 0 radical (unpaired) electrons. The van der Waals surface area contributed by atoms with E-state index in [9.17, 15) is 0 Å². The Hall–Kier alpha value is -1.40. The minimum Gasteiger partial charge on any atom is -0.379 e. The van der Waals surface area contributed by atoms with E-state index >= 15 is 0 Å². The van der Waals surface area contributed by atoms with Crippen LogP contribution in [-0.4, -0.2) is 14.8 Å². The largest absolute Gasteiger partial charge is 0.379 e. The lowest BCUT2D eigenvalue weighted by atomic mass is 10.2. The minimum absolute atomic E-state index is 0.808. The molecule has 0 saturated carbocycles. The molecule has 0 aliphatic heterocycles. The summed E-state index contributed by atoms with van der Waals surface area (Å²) in [5.74, 6) is 0. The van der Waals surface area contributed by atoms with Crippen molar-refractivity contribution in [3.8, 4) is 0 Å². The molecule has 3 rings (SSSR count). The Balaban J connectivity index is 1.83. The summed E-state index contributed by atoms with van der Waals surface area (Å²) in [5.41, 5.74) is 2.95. The summed E-state index contributed by atoms with van der Waals surface area (Å²) in [6, 6.07) is 6.28. The number of aryl methyl sites for hydroxylation is 2. The first-order valence-electron chi connectivity index (χ1n) is 5.91. The van der Waals surface area contributed by atoms with Gasteiger partial charge >= 0.3 is 0 Å². The highest BCUT2D eigenvalue weighted by Gasteiger charge is 2.07. The molecule has 0 aromatic carbocycles. The molecule has 0 atom stereocenters. The van der Waals surface area contributed by atoms with Crippen molar-refractivity contribution < 1.29 is 0 Å². The zero-order valence-electron chi connectivity index (χ0n) is 10.6. The average Bonchev–Trinajstić information content (AvgIpc) is 2.92. The van der Waals surface area contributed by atoms with Gasteiger partial charge in [0.15, 0.2) is 5.65 Å². The van der Waals surface area contributed by atoms with Gasteiger partial charge in [-0.15, -0.1) is 11.3 Å². The smallest absolute Gasteiger partial charge is 0.157 e. The summed E-state index contributed by atoms with van der Waals surface area (Å²) >= 11 is 5.21. The van der Waals surface area contributed by atoms with E-state index in [4.69, 9.17) is 0 Å². The quantitative estimate of drug-likeness (QED) is 0.792. The molecule has 19 heavy (non-hydrogen) atoms. The van der Waals surface area contributed by atoms with Crippen LogP contribution in [0.5, 0.6) is 0 Å². The summed E-state index contributed by atoms with van der Waals surface area (Å²) in [6.45, 7) is 2.81. The number of nitrogens with zero attached hydrogens (tertiary/aromatic N) is 3. The van der Waals surface area contributed by atoms with Crippen molar-refractivity contribution >= 4 is 44.0 Å². The summed E-state index contributed by atoms with van der Waals surface area (Å²) < 4.78 is 2.96. The number of nitrogens with one attached hydrogen (secondary N) is 1. The van der Waals surface area contributed by atoms with Crippen molar-refractivity contribution in [2.45, 2.75) is 13.5 Å². The number of aromatic nitrogens is 3. The topological polar surface area (TPSA) is 42.7 Å². The van der Waals surface area contributed by atoms with E-state index in [1.165, 1.54) is 4.88 Å². The van der Waals surface area contributed by atoms with Crippen molar-refractivity contribution in [2.75, 3.05) is 5.32 Å². The van der Waals surface area contributed by atoms with E-state index in [0.29, 0.717) is 0 Å². The molecule has 0 amide bonds. The highest BCUT2D eigenvalue weighted by atomic mass is 79.9. The first-order chi connectivity index (χ1) is 9.13. The van der Waals surface area contributed by atoms with Gasteiger partial charge < -0.3 is 5.32 Å². The number of hydrogen-bond donors (Lipinski definition) is 1. The van der Waals surface area contributed by atoms with Gasteiger partial charge in [0, 0.05) is 23.9 Å². The standard InChI is InChI=1S/C13H13BrN4S/c1-8-11-5-9(6-16-13(11)18(2)17-8)15-7-10-3-4-12(14)19-10/h3-6,15H,7H2,1-2H3. The maximum absolute atomic E-state index is 4.45. The predicted octanol–water partition coefficient (Wildman–Crippen LogP) is 3.71. The van der Waals surface area contributed by atoms with Gasteiger partial charge in [-0.2, -0.15) is 5.10 Å². The molecular weight excluding hydrogens is 324 g/mol. The zero-order valence-corrected chi connectivity index (χ0v) is 13.0. The van der Waals surface area contributed by atoms with Crippen LogP contribution in [0, 0.1) is 6.92 Å². The maximum atomic E-state index is 4.45. The molecule has 3 aromatic heterocycles. The van der Waals surface area contributed by atoms with E-state index < -0.39 is 0 Å². The van der Waals surface area contributed by atoms with Crippen LogP contribution in [-0.2, 0) is 13.6 Å². The SMILES string of the molecule is Cc1nn(C)c2ncc(NCc3ccc(Br)s3)cc12. The summed E-state index contributed by atoms with van der Waals surface area (Å²) in [5, 5.41) is 8.87. The fourth-order valence-electron chi connectivity index (χ4n) is 2.04. The van der Waals surface area contributed by atoms with Gasteiger partial charge in [0.25, 0.3) is 0 Å². The molecule has 0 fully saturated rings. The van der Waals surface area contributed by atoms with Gasteiger partial charge in [0.1, 0.15) is 0 Å². The molecule has 1 N–H and O–H groups in total. The lowest BCUT2D eigenvalue weighted by Gasteiger charge is -2.04. The molecule has 0 aliphatic rings. The fourth-order valence-corrected chi connectivity index (χ4v) is 3.46. The van der Waals surface area contributed by atoms with Crippen molar-refractivity contribution in [3.05, 3.63) is 38.8 Å². The monoisotopic (exact) mass is 336 g/mol. The van der Waals surface area contributed by atoms with E-state index in [1.807, 2.05) is 24.9 Å². The van der Waals surface area contributed by atoms with Crippen LogP contribution >= 0.6 is 27.3 Å². The van der Waals surface area contributed by atoms with Crippen LogP contribution in [0.3, 0.4) is 0 Å². The highest BCUT2D eigenvalue weighted by Crippen LogP contribution is 2.24. The molecule has 6 heteroatoms. The number of anilines is 1. The normalized spacial score (nSPS) is 11.1. The number of halogens is 1. The molecule has 98 valence electrons. The maximum Gasteiger partial charge on any atom is 0.157 e. The predicted molar refractivity (Wildman–Crippen MR) is 82.6 cm³/mol. The minimum atomic E-state index is 0.808. The van der Waals surface area contributed by atoms with Gasteiger partial charge in [-0.3, -0.25) is 4.68 Å². The number of pyridine rings is 1. The van der Waals surface area contributed by atoms with Gasteiger partial charge in [0.2, 0.25) is 0 Å². The molecule has 0 spiro atoms. The van der Waals surface area contributed by atoms with Crippen molar-refractivity contribution in [1.82, 2.24) is 14.8 Å². The molecular formula is C13H13BrN4S. The second-order valence-electron chi connectivity index (χ2n) is 4.36. The lowest BCUT2D eigenvalue weighted by molar-refractivity contribution is 0.774.